The topological polar surface area (TPSA) is 43.0 Å². The molecule has 1 aliphatic heterocycles. The lowest BCUT2D eigenvalue weighted by molar-refractivity contribution is 0.765. The molecule has 0 saturated heterocycles. The van der Waals surface area contributed by atoms with Crippen molar-refractivity contribution in [3.8, 4) is 0 Å². The van der Waals surface area contributed by atoms with E-state index in [1.807, 2.05) is 0 Å². The van der Waals surface area contributed by atoms with Crippen molar-refractivity contribution >= 4 is 10.9 Å². The first kappa shape index (κ1) is 8.95. The summed E-state index contributed by atoms with van der Waals surface area (Å²) in [6.07, 6.45) is 2.13. The molecule has 2 heterocycles. The minimum Gasteiger partial charge on any atom is -0.350 e. The van der Waals surface area contributed by atoms with E-state index in [1.165, 1.54) is 27.6 Å². The van der Waals surface area contributed by atoms with Gasteiger partial charge in [-0.1, -0.05) is 0 Å². The van der Waals surface area contributed by atoms with Gasteiger partial charge in [-0.25, -0.2) is 0 Å². The fourth-order valence-corrected chi connectivity index (χ4v) is 2.42. The molecule has 0 aliphatic carbocycles. The predicted molar refractivity (Wildman–Crippen MR) is 61.4 cm³/mol. The zero-order chi connectivity index (χ0) is 10.4. The Morgan fingerprint density at radius 1 is 1.33 bits per heavy atom. The third kappa shape index (κ3) is 1.20. The molecule has 3 heteroatoms. The maximum absolute atomic E-state index is 5.75. The van der Waals surface area contributed by atoms with Gasteiger partial charge in [-0.3, -0.25) is 0 Å². The number of nitrogens with one attached hydrogen (secondary N) is 1. The molecule has 0 spiro atoms. The number of benzene rings is 1. The lowest BCUT2D eigenvalue weighted by Gasteiger charge is -2.01. The summed E-state index contributed by atoms with van der Waals surface area (Å²) in [7, 11) is 2.08. The van der Waals surface area contributed by atoms with Crippen LogP contribution in [0.25, 0.3) is 10.9 Å². The molecule has 3 N–H and O–H groups in total. The van der Waals surface area contributed by atoms with Crippen molar-refractivity contribution in [1.82, 2.24) is 9.88 Å². The third-order valence-corrected chi connectivity index (χ3v) is 3.24. The van der Waals surface area contributed by atoms with E-state index in [-0.39, 0.29) is 0 Å². The summed E-state index contributed by atoms with van der Waals surface area (Å²) < 4.78 is 2.16. The van der Waals surface area contributed by atoms with E-state index in [1.54, 1.807) is 0 Å². The minimum absolute atomic E-state index is 0.615. The highest BCUT2D eigenvalue weighted by Crippen LogP contribution is 2.26. The van der Waals surface area contributed by atoms with Crippen LogP contribution >= 0.6 is 0 Å². The smallest absolute Gasteiger partial charge is 0.0484 e. The Labute approximate surface area is 88.9 Å². The monoisotopic (exact) mass is 201 g/mol. The Bertz CT molecular complexity index is 525. The Morgan fingerprint density at radius 3 is 2.80 bits per heavy atom. The zero-order valence-electron chi connectivity index (χ0n) is 8.88. The van der Waals surface area contributed by atoms with Crippen LogP contribution in [-0.4, -0.2) is 4.57 Å². The van der Waals surface area contributed by atoms with Crippen molar-refractivity contribution in [2.24, 2.45) is 12.8 Å². The molecule has 0 unspecified atom stereocenters. The van der Waals surface area contributed by atoms with E-state index in [4.69, 9.17) is 5.73 Å². The Balaban J connectivity index is 2.34. The first-order valence-corrected chi connectivity index (χ1v) is 5.30. The van der Waals surface area contributed by atoms with Gasteiger partial charge in [0.05, 0.1) is 0 Å². The van der Waals surface area contributed by atoms with E-state index in [0.29, 0.717) is 6.54 Å². The molecule has 15 heavy (non-hydrogen) atoms. The Kier molecular flexibility index (Phi) is 1.84. The standard InChI is InChI=1S/C12H15N3/c1-15-7-10(4-13)11-2-8-5-14-6-9(8)3-12(11)15/h2-3,7,14H,4-6,13H2,1H3. The highest BCUT2D eigenvalue weighted by Gasteiger charge is 2.14. The normalized spacial score (nSPS) is 14.8. The summed E-state index contributed by atoms with van der Waals surface area (Å²) >= 11 is 0. The van der Waals surface area contributed by atoms with Crippen LogP contribution in [0.4, 0.5) is 0 Å². The van der Waals surface area contributed by atoms with Crippen molar-refractivity contribution in [3.63, 3.8) is 0 Å². The molecule has 3 rings (SSSR count). The minimum atomic E-state index is 0.615. The van der Waals surface area contributed by atoms with Gasteiger partial charge in [0.25, 0.3) is 0 Å². The van der Waals surface area contributed by atoms with Crippen molar-refractivity contribution in [2.45, 2.75) is 19.6 Å². The lowest BCUT2D eigenvalue weighted by atomic mass is 10.1. The van der Waals surface area contributed by atoms with Crippen LogP contribution in [0.1, 0.15) is 16.7 Å². The van der Waals surface area contributed by atoms with E-state index in [9.17, 15) is 0 Å². The van der Waals surface area contributed by atoms with Gasteiger partial charge in [-0.15, -0.1) is 0 Å². The van der Waals surface area contributed by atoms with Crippen LogP contribution < -0.4 is 11.1 Å². The summed E-state index contributed by atoms with van der Waals surface area (Å²) in [5.41, 5.74) is 11.1. The summed E-state index contributed by atoms with van der Waals surface area (Å²) in [6, 6.07) is 4.57. The third-order valence-electron chi connectivity index (χ3n) is 3.24. The molecular weight excluding hydrogens is 186 g/mol. The van der Waals surface area contributed by atoms with Crippen LogP contribution in [0, 0.1) is 0 Å². The van der Waals surface area contributed by atoms with E-state index in [0.717, 1.165) is 13.1 Å². The second-order valence-corrected chi connectivity index (χ2v) is 4.21. The van der Waals surface area contributed by atoms with Gasteiger partial charge in [0, 0.05) is 43.8 Å². The van der Waals surface area contributed by atoms with Gasteiger partial charge in [-0.2, -0.15) is 0 Å². The van der Waals surface area contributed by atoms with Gasteiger partial charge in [-0.05, 0) is 28.8 Å². The first-order chi connectivity index (χ1) is 7.29. The van der Waals surface area contributed by atoms with Gasteiger partial charge in [0.1, 0.15) is 0 Å². The highest BCUT2D eigenvalue weighted by molar-refractivity contribution is 5.85. The molecule has 0 fully saturated rings. The molecule has 0 bridgehead atoms. The average Bonchev–Trinajstić information content (AvgIpc) is 2.81. The number of rotatable bonds is 1. The Morgan fingerprint density at radius 2 is 2.07 bits per heavy atom. The highest BCUT2D eigenvalue weighted by atomic mass is 14.9. The van der Waals surface area contributed by atoms with Crippen LogP contribution in [0.3, 0.4) is 0 Å². The molecule has 2 aromatic rings. The Hall–Kier alpha value is -1.32. The predicted octanol–water partition coefficient (Wildman–Crippen LogP) is 1.24. The second-order valence-electron chi connectivity index (χ2n) is 4.21. The molecule has 0 saturated carbocycles. The lowest BCUT2D eigenvalue weighted by Crippen LogP contribution is -2.00. The van der Waals surface area contributed by atoms with Gasteiger partial charge < -0.3 is 15.6 Å². The molecule has 0 amide bonds. The number of nitrogens with two attached hydrogens (primary N) is 1. The van der Waals surface area contributed by atoms with Gasteiger partial charge in [0.15, 0.2) is 0 Å². The SMILES string of the molecule is Cn1cc(CN)c2cc3c(cc21)CNC3. The van der Waals surface area contributed by atoms with Gasteiger partial charge >= 0.3 is 0 Å². The molecule has 3 nitrogen and oxygen atoms in total. The van der Waals surface area contributed by atoms with Crippen molar-refractivity contribution < 1.29 is 0 Å². The molecule has 0 radical (unpaired) electrons. The molecular formula is C12H15N3. The first-order valence-electron chi connectivity index (χ1n) is 5.30. The number of aryl methyl sites for hydroxylation is 1. The maximum atomic E-state index is 5.75. The molecule has 0 atom stereocenters. The van der Waals surface area contributed by atoms with Crippen LogP contribution in [0.15, 0.2) is 18.3 Å². The summed E-state index contributed by atoms with van der Waals surface area (Å²) in [4.78, 5) is 0. The van der Waals surface area contributed by atoms with Crippen molar-refractivity contribution in [1.29, 1.82) is 0 Å². The summed E-state index contributed by atoms with van der Waals surface area (Å²) in [6.45, 7) is 2.60. The fraction of sp³-hybridized carbons (Fsp3) is 0.333. The quantitative estimate of drug-likeness (QED) is 0.729. The van der Waals surface area contributed by atoms with Crippen molar-refractivity contribution in [2.75, 3.05) is 0 Å². The number of hydrogen-bond acceptors (Lipinski definition) is 2. The van der Waals surface area contributed by atoms with Crippen LogP contribution in [-0.2, 0) is 26.7 Å². The molecule has 78 valence electrons. The molecule has 1 aromatic heterocycles. The maximum Gasteiger partial charge on any atom is 0.0484 e. The molecule has 1 aromatic carbocycles. The number of aromatic nitrogens is 1. The summed E-state index contributed by atoms with van der Waals surface area (Å²) in [5.74, 6) is 0. The number of nitrogens with zero attached hydrogens (tertiary/aromatic N) is 1. The second kappa shape index (κ2) is 3.08. The van der Waals surface area contributed by atoms with Gasteiger partial charge in [0.2, 0.25) is 0 Å². The van der Waals surface area contributed by atoms with E-state index in [2.05, 4.69) is 35.3 Å². The zero-order valence-corrected chi connectivity index (χ0v) is 8.88. The van der Waals surface area contributed by atoms with Crippen molar-refractivity contribution in [3.05, 3.63) is 35.0 Å². The number of hydrogen-bond donors (Lipinski definition) is 2. The van der Waals surface area contributed by atoms with Crippen LogP contribution in [0.2, 0.25) is 0 Å². The molecule has 1 aliphatic rings. The van der Waals surface area contributed by atoms with E-state index >= 15 is 0 Å². The average molecular weight is 201 g/mol. The number of fused-ring (bicyclic) bond motifs is 2. The van der Waals surface area contributed by atoms with Crippen LogP contribution in [0.5, 0.6) is 0 Å². The van der Waals surface area contributed by atoms with E-state index < -0.39 is 0 Å². The fourth-order valence-electron chi connectivity index (χ4n) is 2.42. The summed E-state index contributed by atoms with van der Waals surface area (Å²) in [5, 5.41) is 4.68. The largest absolute Gasteiger partial charge is 0.350 e.